The first-order valence-corrected chi connectivity index (χ1v) is 9.91. The Bertz CT molecular complexity index is 617. The summed E-state index contributed by atoms with van der Waals surface area (Å²) in [5.74, 6) is 1.00. The highest BCUT2D eigenvalue weighted by Crippen LogP contribution is 2.24. The molecule has 0 spiro atoms. The number of benzene rings is 1. The summed E-state index contributed by atoms with van der Waals surface area (Å²) in [6.07, 6.45) is 1.20. The fourth-order valence-corrected chi connectivity index (χ4v) is 3.94. The van der Waals surface area contributed by atoms with Crippen molar-refractivity contribution >= 4 is 41.5 Å². The molecule has 0 saturated carbocycles. The van der Waals surface area contributed by atoms with Gasteiger partial charge in [-0.2, -0.15) is 0 Å². The molecule has 2 heterocycles. The highest BCUT2D eigenvalue weighted by Gasteiger charge is 2.31. The summed E-state index contributed by atoms with van der Waals surface area (Å²) >= 11 is 6.02. The highest BCUT2D eigenvalue weighted by atomic mass is 127. The lowest BCUT2D eigenvalue weighted by molar-refractivity contribution is 0.0195. The minimum atomic E-state index is 0. The lowest BCUT2D eigenvalue weighted by Gasteiger charge is -2.33. The summed E-state index contributed by atoms with van der Waals surface area (Å²) in [5, 5.41) is 4.37. The largest absolute Gasteiger partial charge is 0.379 e. The van der Waals surface area contributed by atoms with Gasteiger partial charge in [0.25, 0.3) is 0 Å². The van der Waals surface area contributed by atoms with Crippen LogP contribution in [-0.4, -0.2) is 74.8 Å². The third-order valence-electron chi connectivity index (χ3n) is 5.55. The molecule has 7 heteroatoms. The third-order valence-corrected chi connectivity index (χ3v) is 5.80. The Kier molecular flexibility index (Phi) is 8.65. The molecule has 1 atom stereocenters. The zero-order chi connectivity index (χ0) is 18.6. The van der Waals surface area contributed by atoms with Crippen molar-refractivity contribution in [3.05, 3.63) is 34.9 Å². The molecule has 0 radical (unpaired) electrons. The van der Waals surface area contributed by atoms with Gasteiger partial charge in [-0.15, -0.1) is 24.0 Å². The second-order valence-electron chi connectivity index (χ2n) is 7.83. The van der Waals surface area contributed by atoms with Crippen LogP contribution in [0.5, 0.6) is 0 Å². The normalized spacial score (nSPS) is 21.9. The monoisotopic (exact) mass is 506 g/mol. The number of guanidine groups is 1. The maximum absolute atomic E-state index is 6.02. The highest BCUT2D eigenvalue weighted by molar-refractivity contribution is 14.0. The zero-order valence-corrected chi connectivity index (χ0v) is 19.7. The van der Waals surface area contributed by atoms with E-state index in [4.69, 9.17) is 16.3 Å². The van der Waals surface area contributed by atoms with Crippen LogP contribution in [0.3, 0.4) is 0 Å². The lowest BCUT2D eigenvalue weighted by atomic mass is 9.85. The number of rotatable bonds is 4. The maximum Gasteiger partial charge on any atom is 0.193 e. The summed E-state index contributed by atoms with van der Waals surface area (Å²) in [6, 6.07) is 8.75. The van der Waals surface area contributed by atoms with Crippen molar-refractivity contribution in [3.8, 4) is 0 Å². The summed E-state index contributed by atoms with van der Waals surface area (Å²) in [6.45, 7) is 11.2. The topological polar surface area (TPSA) is 40.1 Å². The van der Waals surface area contributed by atoms with Crippen molar-refractivity contribution in [2.75, 3.05) is 53.0 Å². The van der Waals surface area contributed by atoms with Crippen LogP contribution in [0, 0.1) is 0 Å². The molecule has 152 valence electrons. The van der Waals surface area contributed by atoms with Crippen LogP contribution in [0.1, 0.15) is 25.8 Å². The van der Waals surface area contributed by atoms with E-state index in [-0.39, 0.29) is 29.4 Å². The summed E-state index contributed by atoms with van der Waals surface area (Å²) in [5.41, 5.74) is 1.28. The first-order valence-electron chi connectivity index (χ1n) is 9.53. The van der Waals surface area contributed by atoms with Crippen LogP contribution in [0.25, 0.3) is 0 Å². The van der Waals surface area contributed by atoms with Crippen LogP contribution in [0.4, 0.5) is 0 Å². The fraction of sp³-hybridized carbons (Fsp3) is 0.650. The van der Waals surface area contributed by atoms with Gasteiger partial charge in [-0.05, 0) is 24.1 Å². The minimum absolute atomic E-state index is 0. The molecule has 2 aliphatic rings. The van der Waals surface area contributed by atoms with E-state index in [1.54, 1.807) is 0 Å². The van der Waals surface area contributed by atoms with Crippen LogP contribution >= 0.6 is 35.6 Å². The molecule has 27 heavy (non-hydrogen) atoms. The summed E-state index contributed by atoms with van der Waals surface area (Å²) in [7, 11) is 1.87. The molecular formula is C20H32ClIN4O. The molecule has 2 saturated heterocycles. The van der Waals surface area contributed by atoms with E-state index in [9.17, 15) is 0 Å². The Morgan fingerprint density at radius 3 is 2.52 bits per heavy atom. The SMILES string of the molecule is CN=C(NCC(C)(C)c1ccc(Cl)cc1)N1CCC(N2CCOCC2)C1.I. The summed E-state index contributed by atoms with van der Waals surface area (Å²) < 4.78 is 5.48. The Hall–Kier alpha value is -0.570. The van der Waals surface area contributed by atoms with Gasteiger partial charge in [-0.25, -0.2) is 0 Å². The van der Waals surface area contributed by atoms with Gasteiger partial charge in [0, 0.05) is 56.3 Å². The standard InChI is InChI=1S/C20H31ClN4O.HI/c1-20(2,16-4-6-17(21)7-5-16)15-23-19(22-3)25-9-8-18(14-25)24-10-12-26-13-11-24;/h4-7,18H,8-15H2,1-3H3,(H,22,23);1H. The molecular weight excluding hydrogens is 475 g/mol. The molecule has 1 N–H and O–H groups in total. The van der Waals surface area contributed by atoms with Crippen molar-refractivity contribution in [3.63, 3.8) is 0 Å². The first-order chi connectivity index (χ1) is 12.5. The molecule has 0 aliphatic carbocycles. The van der Waals surface area contributed by atoms with E-state index in [1.807, 2.05) is 19.2 Å². The average molecular weight is 507 g/mol. The smallest absolute Gasteiger partial charge is 0.193 e. The van der Waals surface area contributed by atoms with E-state index in [0.29, 0.717) is 6.04 Å². The number of hydrogen-bond acceptors (Lipinski definition) is 3. The van der Waals surface area contributed by atoms with Crippen molar-refractivity contribution < 1.29 is 4.74 Å². The Morgan fingerprint density at radius 2 is 1.89 bits per heavy atom. The second-order valence-corrected chi connectivity index (χ2v) is 8.26. The van der Waals surface area contributed by atoms with Crippen LogP contribution in [-0.2, 0) is 10.2 Å². The van der Waals surface area contributed by atoms with Crippen molar-refractivity contribution in [1.82, 2.24) is 15.1 Å². The predicted molar refractivity (Wildman–Crippen MR) is 124 cm³/mol. The molecule has 2 aliphatic heterocycles. The van der Waals surface area contributed by atoms with Crippen molar-refractivity contribution in [2.24, 2.45) is 4.99 Å². The van der Waals surface area contributed by atoms with E-state index in [1.165, 1.54) is 12.0 Å². The maximum atomic E-state index is 6.02. The third kappa shape index (κ3) is 5.95. The van der Waals surface area contributed by atoms with Crippen LogP contribution < -0.4 is 5.32 Å². The number of halogens is 2. The molecule has 1 unspecified atom stereocenters. The molecule has 1 aromatic carbocycles. The van der Waals surface area contributed by atoms with Gasteiger partial charge in [-0.3, -0.25) is 9.89 Å². The van der Waals surface area contributed by atoms with Crippen LogP contribution in [0.2, 0.25) is 5.02 Å². The van der Waals surface area contributed by atoms with E-state index >= 15 is 0 Å². The number of morpholine rings is 1. The number of likely N-dealkylation sites (tertiary alicyclic amines) is 1. The Labute approximate surface area is 185 Å². The first kappa shape index (κ1) is 22.7. The van der Waals surface area contributed by atoms with E-state index < -0.39 is 0 Å². The van der Waals surface area contributed by atoms with Gasteiger partial charge < -0.3 is 15.0 Å². The number of aliphatic imine (C=N–C) groups is 1. The van der Waals surface area contributed by atoms with E-state index in [2.05, 4.69) is 46.1 Å². The zero-order valence-electron chi connectivity index (χ0n) is 16.6. The van der Waals surface area contributed by atoms with Gasteiger partial charge in [0.05, 0.1) is 13.2 Å². The van der Waals surface area contributed by atoms with Gasteiger partial charge in [0.15, 0.2) is 5.96 Å². The van der Waals surface area contributed by atoms with Crippen molar-refractivity contribution in [1.29, 1.82) is 0 Å². The van der Waals surface area contributed by atoms with Gasteiger partial charge in [0.2, 0.25) is 0 Å². The van der Waals surface area contributed by atoms with Gasteiger partial charge >= 0.3 is 0 Å². The van der Waals surface area contributed by atoms with Gasteiger partial charge in [-0.1, -0.05) is 37.6 Å². The predicted octanol–water partition coefficient (Wildman–Crippen LogP) is 3.22. The second kappa shape index (κ2) is 10.3. The molecule has 0 aromatic heterocycles. The number of hydrogen-bond donors (Lipinski definition) is 1. The average Bonchev–Trinajstić information content (AvgIpc) is 3.13. The summed E-state index contributed by atoms with van der Waals surface area (Å²) in [4.78, 5) is 9.48. The van der Waals surface area contributed by atoms with Crippen LogP contribution in [0.15, 0.2) is 29.3 Å². The minimum Gasteiger partial charge on any atom is -0.379 e. The molecule has 0 amide bonds. The number of nitrogens with one attached hydrogen (secondary N) is 1. The lowest BCUT2D eigenvalue weighted by Crippen LogP contribution is -2.48. The molecule has 5 nitrogen and oxygen atoms in total. The van der Waals surface area contributed by atoms with Crippen molar-refractivity contribution in [2.45, 2.75) is 31.7 Å². The van der Waals surface area contributed by atoms with E-state index in [0.717, 1.165) is 56.9 Å². The molecule has 2 fully saturated rings. The Balaban J connectivity index is 0.00000261. The molecule has 0 bridgehead atoms. The number of nitrogens with zero attached hydrogens (tertiary/aromatic N) is 3. The fourth-order valence-electron chi connectivity index (χ4n) is 3.81. The Morgan fingerprint density at radius 1 is 1.22 bits per heavy atom. The molecule has 1 aromatic rings. The quantitative estimate of drug-likeness (QED) is 0.387. The van der Waals surface area contributed by atoms with Gasteiger partial charge in [0.1, 0.15) is 0 Å². The molecule has 3 rings (SSSR count). The number of ether oxygens (including phenoxy) is 1.